The Labute approximate surface area is 161 Å². The minimum Gasteiger partial charge on any atom is -0.495 e. The zero-order valence-corrected chi connectivity index (χ0v) is 15.7. The summed E-state index contributed by atoms with van der Waals surface area (Å²) in [6.07, 6.45) is 2.81. The van der Waals surface area contributed by atoms with Crippen LogP contribution in [0.5, 0.6) is 5.75 Å². The number of aryl methyl sites for hydroxylation is 1. The molecule has 136 valence electrons. The molecule has 0 radical (unpaired) electrons. The van der Waals surface area contributed by atoms with Crippen LogP contribution in [0.25, 0.3) is 6.08 Å². The molecular weight excluding hydrogens is 377 g/mol. The highest BCUT2D eigenvalue weighted by atomic mass is 35.5. The summed E-state index contributed by atoms with van der Waals surface area (Å²) >= 11 is 11.8. The number of halogens is 2. The Kier molecular flexibility index (Phi) is 7.06. The van der Waals surface area contributed by atoms with Crippen LogP contribution in [0.2, 0.25) is 10.0 Å². The van der Waals surface area contributed by atoms with Crippen LogP contribution in [-0.2, 0) is 14.3 Å². The van der Waals surface area contributed by atoms with E-state index >= 15 is 0 Å². The van der Waals surface area contributed by atoms with Gasteiger partial charge in [-0.3, -0.25) is 4.79 Å². The molecule has 1 N–H and O–H groups in total. The molecule has 0 atom stereocenters. The van der Waals surface area contributed by atoms with Crippen LogP contribution in [0.1, 0.15) is 11.1 Å². The SMILES string of the molecule is COc1cc(Cl)c(C)cc1NC(=O)COC(=O)/C=C/c1ccc(Cl)cc1. The van der Waals surface area contributed by atoms with Gasteiger partial charge in [0, 0.05) is 22.2 Å². The van der Waals surface area contributed by atoms with E-state index in [0.29, 0.717) is 21.5 Å². The average molecular weight is 394 g/mol. The van der Waals surface area contributed by atoms with E-state index in [1.165, 1.54) is 13.2 Å². The highest BCUT2D eigenvalue weighted by Crippen LogP contribution is 2.30. The maximum atomic E-state index is 12.0. The Bertz CT molecular complexity index is 832. The summed E-state index contributed by atoms with van der Waals surface area (Å²) in [6, 6.07) is 10.2. The van der Waals surface area contributed by atoms with Gasteiger partial charge in [-0.2, -0.15) is 0 Å². The number of hydrogen-bond acceptors (Lipinski definition) is 4. The molecule has 0 bridgehead atoms. The van der Waals surface area contributed by atoms with E-state index in [1.54, 1.807) is 49.4 Å². The third-order valence-corrected chi connectivity index (χ3v) is 4.04. The van der Waals surface area contributed by atoms with Crippen molar-refractivity contribution < 1.29 is 19.1 Å². The van der Waals surface area contributed by atoms with Crippen molar-refractivity contribution in [3.8, 4) is 5.75 Å². The third-order valence-electron chi connectivity index (χ3n) is 3.38. The van der Waals surface area contributed by atoms with E-state index in [0.717, 1.165) is 11.1 Å². The van der Waals surface area contributed by atoms with Gasteiger partial charge in [0.1, 0.15) is 5.75 Å². The first-order valence-corrected chi connectivity index (χ1v) is 8.39. The van der Waals surface area contributed by atoms with Crippen LogP contribution in [0.15, 0.2) is 42.5 Å². The lowest BCUT2D eigenvalue weighted by molar-refractivity contribution is -0.142. The summed E-state index contributed by atoms with van der Waals surface area (Å²) in [6.45, 7) is 1.38. The molecule has 0 unspecified atom stereocenters. The second-order valence-electron chi connectivity index (χ2n) is 5.34. The van der Waals surface area contributed by atoms with Crippen LogP contribution in [-0.4, -0.2) is 25.6 Å². The fraction of sp³-hybridized carbons (Fsp3) is 0.158. The first-order chi connectivity index (χ1) is 12.4. The van der Waals surface area contributed by atoms with Gasteiger partial charge >= 0.3 is 5.97 Å². The number of nitrogens with one attached hydrogen (secondary N) is 1. The fourth-order valence-electron chi connectivity index (χ4n) is 2.04. The van der Waals surface area contributed by atoms with E-state index in [-0.39, 0.29) is 0 Å². The summed E-state index contributed by atoms with van der Waals surface area (Å²) in [5.41, 5.74) is 2.02. The number of methoxy groups -OCH3 is 1. The molecule has 0 aliphatic carbocycles. The highest BCUT2D eigenvalue weighted by Gasteiger charge is 2.11. The number of rotatable bonds is 6. The maximum Gasteiger partial charge on any atom is 0.331 e. The van der Waals surface area contributed by atoms with Gasteiger partial charge in [0.2, 0.25) is 0 Å². The summed E-state index contributed by atoms with van der Waals surface area (Å²) < 4.78 is 10.1. The summed E-state index contributed by atoms with van der Waals surface area (Å²) in [7, 11) is 1.47. The van der Waals surface area contributed by atoms with Gasteiger partial charge in [0.05, 0.1) is 12.8 Å². The van der Waals surface area contributed by atoms with Crippen LogP contribution >= 0.6 is 23.2 Å². The van der Waals surface area contributed by atoms with Crippen molar-refractivity contribution in [2.24, 2.45) is 0 Å². The molecule has 0 aliphatic rings. The van der Waals surface area contributed by atoms with Gasteiger partial charge in [-0.15, -0.1) is 0 Å². The number of benzene rings is 2. The first kappa shape index (κ1) is 19.8. The van der Waals surface area contributed by atoms with E-state index in [1.807, 2.05) is 0 Å². The van der Waals surface area contributed by atoms with Gasteiger partial charge in [0.25, 0.3) is 5.91 Å². The molecule has 0 aromatic heterocycles. The van der Waals surface area contributed by atoms with Crippen molar-refractivity contribution >= 4 is 46.8 Å². The van der Waals surface area contributed by atoms with Gasteiger partial charge < -0.3 is 14.8 Å². The third kappa shape index (κ3) is 5.79. The molecule has 1 amide bonds. The lowest BCUT2D eigenvalue weighted by Crippen LogP contribution is -2.20. The van der Waals surface area contributed by atoms with E-state index < -0.39 is 18.5 Å². The molecule has 0 saturated carbocycles. The van der Waals surface area contributed by atoms with Crippen molar-refractivity contribution in [1.82, 2.24) is 0 Å². The first-order valence-electron chi connectivity index (χ1n) is 7.63. The van der Waals surface area contributed by atoms with Crippen LogP contribution in [0, 0.1) is 6.92 Å². The molecule has 0 saturated heterocycles. The molecule has 2 aromatic carbocycles. The zero-order chi connectivity index (χ0) is 19.1. The lowest BCUT2D eigenvalue weighted by atomic mass is 10.2. The van der Waals surface area contributed by atoms with Gasteiger partial charge in [-0.25, -0.2) is 4.79 Å². The summed E-state index contributed by atoms with van der Waals surface area (Å²) in [5.74, 6) is -0.699. The molecule has 0 fully saturated rings. The lowest BCUT2D eigenvalue weighted by Gasteiger charge is -2.12. The second kappa shape index (κ2) is 9.27. The summed E-state index contributed by atoms with van der Waals surface area (Å²) in [4.78, 5) is 23.7. The topological polar surface area (TPSA) is 64.6 Å². The molecule has 0 aliphatic heterocycles. The Morgan fingerprint density at radius 2 is 1.85 bits per heavy atom. The smallest absolute Gasteiger partial charge is 0.331 e. The Balaban J connectivity index is 1.89. The van der Waals surface area contributed by atoms with Gasteiger partial charge in [-0.05, 0) is 42.3 Å². The number of anilines is 1. The predicted octanol–water partition coefficient (Wildman–Crippen LogP) is 4.51. The monoisotopic (exact) mass is 393 g/mol. The molecule has 2 aromatic rings. The Hall–Kier alpha value is -2.50. The van der Waals surface area contributed by atoms with Gasteiger partial charge in [0.15, 0.2) is 6.61 Å². The highest BCUT2D eigenvalue weighted by molar-refractivity contribution is 6.31. The van der Waals surface area contributed by atoms with E-state index in [9.17, 15) is 9.59 Å². The largest absolute Gasteiger partial charge is 0.495 e. The van der Waals surface area contributed by atoms with Crippen molar-refractivity contribution in [3.63, 3.8) is 0 Å². The van der Waals surface area contributed by atoms with Crippen molar-refractivity contribution in [1.29, 1.82) is 0 Å². The van der Waals surface area contributed by atoms with Gasteiger partial charge in [-0.1, -0.05) is 35.3 Å². The van der Waals surface area contributed by atoms with Crippen LogP contribution in [0.3, 0.4) is 0 Å². The van der Waals surface area contributed by atoms with E-state index in [4.69, 9.17) is 32.7 Å². The number of esters is 1. The Morgan fingerprint density at radius 1 is 1.15 bits per heavy atom. The van der Waals surface area contributed by atoms with Crippen molar-refractivity contribution in [3.05, 3.63) is 63.6 Å². The summed E-state index contributed by atoms with van der Waals surface area (Å²) in [5, 5.41) is 3.76. The molecule has 7 heteroatoms. The van der Waals surface area contributed by atoms with E-state index in [2.05, 4.69) is 5.32 Å². The quantitative estimate of drug-likeness (QED) is 0.579. The minimum absolute atomic E-state index is 0.419. The number of carbonyl (C=O) groups is 2. The number of ether oxygens (including phenoxy) is 2. The fourth-order valence-corrected chi connectivity index (χ4v) is 2.32. The molecule has 5 nitrogen and oxygen atoms in total. The number of hydrogen-bond donors (Lipinski definition) is 1. The standard InChI is InChI=1S/C19H17Cl2NO4/c1-12-9-16(17(25-2)10-15(12)21)22-18(23)11-26-19(24)8-5-13-3-6-14(20)7-4-13/h3-10H,11H2,1-2H3,(H,22,23)/b8-5+. The molecule has 0 heterocycles. The average Bonchev–Trinajstić information content (AvgIpc) is 2.62. The molecular formula is C19H17Cl2NO4. The number of carbonyl (C=O) groups excluding carboxylic acids is 2. The number of amides is 1. The van der Waals surface area contributed by atoms with Crippen LogP contribution < -0.4 is 10.1 Å². The second-order valence-corrected chi connectivity index (χ2v) is 6.19. The zero-order valence-electron chi connectivity index (χ0n) is 14.2. The van der Waals surface area contributed by atoms with Crippen molar-refractivity contribution in [2.45, 2.75) is 6.92 Å². The molecule has 2 rings (SSSR count). The molecule has 0 spiro atoms. The van der Waals surface area contributed by atoms with Crippen molar-refractivity contribution in [2.75, 3.05) is 19.0 Å². The normalized spacial score (nSPS) is 10.6. The predicted molar refractivity (Wildman–Crippen MR) is 103 cm³/mol. The minimum atomic E-state index is -0.630. The Morgan fingerprint density at radius 3 is 2.50 bits per heavy atom. The molecule has 26 heavy (non-hydrogen) atoms. The van der Waals surface area contributed by atoms with Crippen LogP contribution in [0.4, 0.5) is 5.69 Å². The maximum absolute atomic E-state index is 12.0.